The second kappa shape index (κ2) is 6.24. The molecule has 3 aromatic heterocycles. The molecule has 158 valence electrons. The van der Waals surface area contributed by atoms with E-state index in [1.807, 2.05) is 20.0 Å². The predicted octanol–water partition coefficient (Wildman–Crippen LogP) is 2.46. The number of ether oxygens (including phenoxy) is 2. The molecule has 30 heavy (non-hydrogen) atoms. The molecule has 10 heteroatoms. The number of carbonyl (C=O) groups is 1. The van der Waals surface area contributed by atoms with Gasteiger partial charge in [-0.3, -0.25) is 9.20 Å². The first-order chi connectivity index (χ1) is 14.2. The average molecular weight is 414 g/mol. The monoisotopic (exact) mass is 414 g/mol. The first kappa shape index (κ1) is 19.0. The summed E-state index contributed by atoms with van der Waals surface area (Å²) in [6, 6.07) is 1.15. The van der Waals surface area contributed by atoms with Crippen molar-refractivity contribution in [1.82, 2.24) is 24.1 Å². The van der Waals surface area contributed by atoms with Crippen molar-refractivity contribution in [3.8, 4) is 5.88 Å². The molecule has 2 saturated heterocycles. The van der Waals surface area contributed by atoms with E-state index in [4.69, 9.17) is 14.5 Å². The average Bonchev–Trinajstić information content (AvgIpc) is 3.36. The van der Waals surface area contributed by atoms with Gasteiger partial charge in [0.2, 0.25) is 17.6 Å². The Labute approximate surface area is 172 Å². The topological polar surface area (TPSA) is 95.6 Å². The molecule has 0 unspecified atom stereocenters. The number of halogens is 1. The Morgan fingerprint density at radius 1 is 1.33 bits per heavy atom. The van der Waals surface area contributed by atoms with Crippen LogP contribution in [0.4, 0.5) is 10.2 Å². The first-order valence-corrected chi connectivity index (χ1v) is 9.88. The lowest BCUT2D eigenvalue weighted by Gasteiger charge is -2.41. The summed E-state index contributed by atoms with van der Waals surface area (Å²) in [7, 11) is 1.45. The maximum absolute atomic E-state index is 13.6. The summed E-state index contributed by atoms with van der Waals surface area (Å²) < 4.78 is 28.0. The van der Waals surface area contributed by atoms with Crippen LogP contribution in [0.5, 0.6) is 5.88 Å². The fraction of sp³-hybridized carbons (Fsp3) is 0.500. The molecular formula is C20H23FN6O3. The van der Waals surface area contributed by atoms with Crippen molar-refractivity contribution >= 4 is 17.5 Å². The molecule has 3 aliphatic rings. The first-order valence-electron chi connectivity index (χ1n) is 9.88. The van der Waals surface area contributed by atoms with Crippen molar-refractivity contribution in [2.45, 2.75) is 50.7 Å². The van der Waals surface area contributed by atoms with Crippen LogP contribution in [0, 0.1) is 5.95 Å². The quantitative estimate of drug-likeness (QED) is 0.689. The summed E-state index contributed by atoms with van der Waals surface area (Å²) >= 11 is 0. The number of hydrogen-bond donors (Lipinski definition) is 1. The van der Waals surface area contributed by atoms with Gasteiger partial charge < -0.3 is 14.8 Å². The third kappa shape index (κ3) is 2.94. The van der Waals surface area contributed by atoms with Crippen molar-refractivity contribution < 1.29 is 18.7 Å². The molecule has 0 aromatic carbocycles. The maximum Gasteiger partial charge on any atom is 0.263 e. The van der Waals surface area contributed by atoms with Crippen molar-refractivity contribution in [2.75, 3.05) is 11.9 Å². The van der Waals surface area contributed by atoms with Crippen molar-refractivity contribution in [3.63, 3.8) is 0 Å². The van der Waals surface area contributed by atoms with Crippen LogP contribution < -0.4 is 10.1 Å². The van der Waals surface area contributed by atoms with Crippen LogP contribution in [-0.4, -0.2) is 48.4 Å². The van der Waals surface area contributed by atoms with E-state index in [0.717, 1.165) is 29.3 Å². The second-order valence-corrected chi connectivity index (χ2v) is 8.76. The minimum absolute atomic E-state index is 0.0574. The molecule has 1 amide bonds. The molecule has 6 rings (SSSR count). The number of fused-ring (bicyclic) bond motifs is 2. The SMILES string of the molecule is CC(C)Oc1nc2nc(C34COC(C)(C3)C4)cn2cc1C(=O)Nc1cc(F)n(C)n1. The number of aryl methyl sites for hydroxylation is 1. The molecule has 1 N–H and O–H groups in total. The van der Waals surface area contributed by atoms with Crippen LogP contribution in [0.1, 0.15) is 49.7 Å². The standard InChI is InChI=1S/C20H23FN6O3/c1-11(2)30-17-12(16(28)23-15-5-14(21)26(4)25-15)6-27-7-13(22-18(27)24-17)20-8-19(3,9-20)29-10-20/h5-7,11H,8-10H2,1-4H3,(H,23,25,28). The number of nitrogens with one attached hydrogen (secondary N) is 1. The molecule has 2 aliphatic heterocycles. The highest BCUT2D eigenvalue weighted by molar-refractivity contribution is 6.05. The lowest BCUT2D eigenvalue weighted by atomic mass is 9.62. The van der Waals surface area contributed by atoms with Crippen LogP contribution in [-0.2, 0) is 17.2 Å². The van der Waals surface area contributed by atoms with Gasteiger partial charge in [-0.2, -0.15) is 14.5 Å². The second-order valence-electron chi connectivity index (χ2n) is 8.76. The van der Waals surface area contributed by atoms with E-state index in [-0.39, 0.29) is 34.4 Å². The minimum Gasteiger partial charge on any atom is -0.474 e. The zero-order valence-corrected chi connectivity index (χ0v) is 17.3. The van der Waals surface area contributed by atoms with Crippen LogP contribution in [0.25, 0.3) is 5.78 Å². The van der Waals surface area contributed by atoms with Gasteiger partial charge in [-0.05, 0) is 33.6 Å². The zero-order valence-electron chi connectivity index (χ0n) is 17.3. The predicted molar refractivity (Wildman–Crippen MR) is 105 cm³/mol. The van der Waals surface area contributed by atoms with E-state index in [9.17, 15) is 9.18 Å². The van der Waals surface area contributed by atoms with Crippen LogP contribution in [0.3, 0.4) is 0 Å². The number of anilines is 1. The highest BCUT2D eigenvalue weighted by Gasteiger charge is 2.61. The van der Waals surface area contributed by atoms with Gasteiger partial charge >= 0.3 is 0 Å². The molecule has 3 fully saturated rings. The highest BCUT2D eigenvalue weighted by atomic mass is 19.1. The lowest BCUT2D eigenvalue weighted by Crippen LogP contribution is -2.45. The summed E-state index contributed by atoms with van der Waals surface area (Å²) in [4.78, 5) is 22.1. The molecule has 0 radical (unpaired) electrons. The molecular weight excluding hydrogens is 391 g/mol. The lowest BCUT2D eigenvalue weighted by molar-refractivity contribution is 0.0154. The Morgan fingerprint density at radius 3 is 2.70 bits per heavy atom. The number of nitrogens with zero attached hydrogens (tertiary/aromatic N) is 5. The van der Waals surface area contributed by atoms with Gasteiger partial charge in [0, 0.05) is 30.9 Å². The Bertz CT molecular complexity index is 1140. The normalized spacial score (nSPS) is 25.0. The number of hydrogen-bond acceptors (Lipinski definition) is 6. The van der Waals surface area contributed by atoms with Gasteiger partial charge in [-0.15, -0.1) is 0 Å². The van der Waals surface area contributed by atoms with Gasteiger partial charge in [0.15, 0.2) is 5.82 Å². The number of rotatable bonds is 5. The summed E-state index contributed by atoms with van der Waals surface area (Å²) in [6.45, 7) is 6.45. The van der Waals surface area contributed by atoms with Gasteiger partial charge in [0.05, 0.1) is 24.0 Å². The van der Waals surface area contributed by atoms with E-state index in [0.29, 0.717) is 12.4 Å². The van der Waals surface area contributed by atoms with E-state index in [2.05, 4.69) is 22.3 Å². The van der Waals surface area contributed by atoms with Crippen molar-refractivity contribution in [1.29, 1.82) is 0 Å². The number of amides is 1. The number of carbonyl (C=O) groups excluding carboxylic acids is 1. The third-order valence-electron chi connectivity index (χ3n) is 5.73. The molecule has 0 atom stereocenters. The van der Waals surface area contributed by atoms with E-state index < -0.39 is 11.9 Å². The third-order valence-corrected chi connectivity index (χ3v) is 5.73. The fourth-order valence-corrected chi connectivity index (χ4v) is 4.47. The van der Waals surface area contributed by atoms with Crippen LogP contribution >= 0.6 is 0 Å². The fourth-order valence-electron chi connectivity index (χ4n) is 4.47. The zero-order chi connectivity index (χ0) is 21.3. The van der Waals surface area contributed by atoms with Crippen molar-refractivity contribution in [2.24, 2.45) is 7.05 Å². The smallest absolute Gasteiger partial charge is 0.263 e. The van der Waals surface area contributed by atoms with Crippen LogP contribution in [0.15, 0.2) is 18.5 Å². The van der Waals surface area contributed by atoms with Crippen LogP contribution in [0.2, 0.25) is 0 Å². The molecule has 1 saturated carbocycles. The Morgan fingerprint density at radius 2 is 2.10 bits per heavy atom. The Kier molecular flexibility index (Phi) is 3.95. The number of imidazole rings is 1. The molecule has 5 heterocycles. The summed E-state index contributed by atoms with van der Waals surface area (Å²) in [5.74, 6) is -0.315. The van der Waals surface area contributed by atoms with E-state index in [1.165, 1.54) is 7.05 Å². The van der Waals surface area contributed by atoms with Gasteiger partial charge in [0.1, 0.15) is 5.56 Å². The molecule has 0 spiro atoms. The van der Waals surface area contributed by atoms with Gasteiger partial charge in [0.25, 0.3) is 5.91 Å². The molecule has 3 aromatic rings. The van der Waals surface area contributed by atoms with Gasteiger partial charge in [-0.25, -0.2) is 9.67 Å². The molecule has 1 aliphatic carbocycles. The Balaban J connectivity index is 1.51. The van der Waals surface area contributed by atoms with E-state index in [1.54, 1.807) is 10.6 Å². The summed E-state index contributed by atoms with van der Waals surface area (Å²) in [5.41, 5.74) is 0.975. The van der Waals surface area contributed by atoms with Crippen molar-refractivity contribution in [3.05, 3.63) is 35.7 Å². The Hall–Kier alpha value is -3.01. The largest absolute Gasteiger partial charge is 0.474 e. The number of aromatic nitrogens is 5. The molecule has 2 bridgehead atoms. The summed E-state index contributed by atoms with van der Waals surface area (Å²) in [6.07, 6.45) is 5.19. The molecule has 9 nitrogen and oxygen atoms in total. The highest BCUT2D eigenvalue weighted by Crippen LogP contribution is 2.58. The van der Waals surface area contributed by atoms with E-state index >= 15 is 0 Å². The minimum atomic E-state index is -0.553. The summed E-state index contributed by atoms with van der Waals surface area (Å²) in [5, 5.41) is 6.52. The maximum atomic E-state index is 13.6. The van der Waals surface area contributed by atoms with Gasteiger partial charge in [-0.1, -0.05) is 0 Å².